The lowest BCUT2D eigenvalue weighted by Crippen LogP contribution is -2.61. The molecule has 0 bridgehead atoms. The zero-order valence-corrected chi connectivity index (χ0v) is 24.9. The zero-order chi connectivity index (χ0) is 33.2. The number of nitrogens with zero attached hydrogens (tertiary/aromatic N) is 1. The van der Waals surface area contributed by atoms with Gasteiger partial charge in [0.1, 0.15) is 36.3 Å². The number of carboxylic acid groups (broad SMARTS) is 2. The van der Waals surface area contributed by atoms with Crippen LogP contribution in [0.3, 0.4) is 0 Å². The Balaban J connectivity index is 3.11. The van der Waals surface area contributed by atoms with Crippen molar-refractivity contribution in [2.24, 2.45) is 17.6 Å². The van der Waals surface area contributed by atoms with E-state index in [4.69, 9.17) is 10.8 Å². The van der Waals surface area contributed by atoms with E-state index in [-0.39, 0.29) is 13.0 Å². The van der Waals surface area contributed by atoms with Gasteiger partial charge in [0.15, 0.2) is 0 Å². The molecule has 1 aliphatic rings. The monoisotopic (exact) mass is 616 g/mol. The van der Waals surface area contributed by atoms with Gasteiger partial charge < -0.3 is 52.3 Å². The molecule has 0 radical (unpaired) electrons. The molecule has 17 nitrogen and oxygen atoms in total. The standard InChI is InChI=1S/C26H44N6O11/c1-11(2)18(29-21(37)14(27)10-33)25(41)32-8-6-7-16(32)23(39)31-20(13(5)34)24(40)28-15(9-17(35)36)22(38)30-19(12(3)4)26(42)43/h11-16,18-20,33-34H,6-10,27H2,1-5H3,(H,28,40)(H,29,37)(H,30,38)(H,31,39)(H,35,36)(H,42,43)/t13-,14+,15+,16+,18+,19+,20+/m1/s1. The topological polar surface area (TPSA) is 278 Å². The highest BCUT2D eigenvalue weighted by Gasteiger charge is 2.41. The van der Waals surface area contributed by atoms with Gasteiger partial charge in [-0.15, -0.1) is 0 Å². The summed E-state index contributed by atoms with van der Waals surface area (Å²) in [6.45, 7) is 7.03. The Bertz CT molecular complexity index is 1050. The van der Waals surface area contributed by atoms with Gasteiger partial charge in [0.25, 0.3) is 0 Å². The maximum atomic E-state index is 13.4. The van der Waals surface area contributed by atoms with Gasteiger partial charge in [0.2, 0.25) is 29.5 Å². The van der Waals surface area contributed by atoms with E-state index in [9.17, 15) is 48.9 Å². The second-order valence-corrected chi connectivity index (χ2v) is 11.2. The molecular formula is C26H44N6O11. The number of nitrogens with two attached hydrogens (primary N) is 1. The molecule has 0 aromatic rings. The van der Waals surface area contributed by atoms with E-state index in [0.29, 0.717) is 6.42 Å². The van der Waals surface area contributed by atoms with Crippen LogP contribution in [0.1, 0.15) is 53.9 Å². The fourth-order valence-corrected chi connectivity index (χ4v) is 4.41. The van der Waals surface area contributed by atoms with Crippen molar-refractivity contribution in [2.75, 3.05) is 13.2 Å². The number of rotatable bonds is 16. The molecule has 7 atom stereocenters. The highest BCUT2D eigenvalue weighted by molar-refractivity contribution is 5.97. The maximum absolute atomic E-state index is 13.4. The molecule has 0 aromatic carbocycles. The van der Waals surface area contributed by atoms with Crippen molar-refractivity contribution in [1.82, 2.24) is 26.2 Å². The highest BCUT2D eigenvalue weighted by atomic mass is 16.4. The predicted molar refractivity (Wildman–Crippen MR) is 149 cm³/mol. The lowest BCUT2D eigenvalue weighted by atomic mass is 10.0. The van der Waals surface area contributed by atoms with Crippen molar-refractivity contribution in [3.63, 3.8) is 0 Å². The minimum absolute atomic E-state index is 0.148. The molecule has 1 heterocycles. The van der Waals surface area contributed by atoms with E-state index in [0.717, 1.165) is 0 Å². The van der Waals surface area contributed by atoms with Gasteiger partial charge in [-0.3, -0.25) is 28.8 Å². The van der Waals surface area contributed by atoms with Crippen LogP contribution in [0, 0.1) is 11.8 Å². The minimum Gasteiger partial charge on any atom is -0.481 e. The number of carboxylic acids is 2. The third-order valence-corrected chi connectivity index (χ3v) is 6.91. The molecule has 1 rings (SSSR count). The lowest BCUT2D eigenvalue weighted by Gasteiger charge is -2.32. The summed E-state index contributed by atoms with van der Waals surface area (Å²) in [5, 5.41) is 47.2. The van der Waals surface area contributed by atoms with Crippen molar-refractivity contribution in [2.45, 2.75) is 96.2 Å². The summed E-state index contributed by atoms with van der Waals surface area (Å²) in [6, 6.07) is -8.23. The number of nitrogens with one attached hydrogen (secondary N) is 4. The van der Waals surface area contributed by atoms with E-state index in [1.165, 1.54) is 25.7 Å². The molecule has 17 heteroatoms. The smallest absolute Gasteiger partial charge is 0.326 e. The number of amides is 5. The Morgan fingerprint density at radius 2 is 1.37 bits per heavy atom. The summed E-state index contributed by atoms with van der Waals surface area (Å²) in [6.07, 6.45) is -1.86. The van der Waals surface area contributed by atoms with Gasteiger partial charge in [0, 0.05) is 6.54 Å². The molecule has 0 spiro atoms. The lowest BCUT2D eigenvalue weighted by molar-refractivity contribution is -0.145. The van der Waals surface area contributed by atoms with Crippen molar-refractivity contribution in [3.05, 3.63) is 0 Å². The first-order chi connectivity index (χ1) is 19.9. The highest BCUT2D eigenvalue weighted by Crippen LogP contribution is 2.21. The molecule has 0 unspecified atom stereocenters. The molecule has 244 valence electrons. The molecular weight excluding hydrogens is 572 g/mol. The summed E-state index contributed by atoms with van der Waals surface area (Å²) in [5.41, 5.74) is 5.54. The van der Waals surface area contributed by atoms with Gasteiger partial charge >= 0.3 is 11.9 Å². The summed E-state index contributed by atoms with van der Waals surface area (Å²) in [7, 11) is 0. The van der Waals surface area contributed by atoms with Crippen LogP contribution >= 0.6 is 0 Å². The third-order valence-electron chi connectivity index (χ3n) is 6.91. The zero-order valence-electron chi connectivity index (χ0n) is 24.9. The van der Waals surface area contributed by atoms with Crippen LogP contribution in [0.25, 0.3) is 0 Å². The van der Waals surface area contributed by atoms with Crippen LogP contribution in [-0.4, -0.2) is 122 Å². The molecule has 0 saturated carbocycles. The third kappa shape index (κ3) is 10.7. The molecule has 5 amide bonds. The van der Waals surface area contributed by atoms with Crippen LogP contribution in [0.2, 0.25) is 0 Å². The van der Waals surface area contributed by atoms with Crippen LogP contribution in [0.5, 0.6) is 0 Å². The van der Waals surface area contributed by atoms with Crippen molar-refractivity contribution in [1.29, 1.82) is 0 Å². The fourth-order valence-electron chi connectivity index (χ4n) is 4.41. The van der Waals surface area contributed by atoms with E-state index in [1.807, 2.05) is 0 Å². The van der Waals surface area contributed by atoms with Crippen molar-refractivity contribution in [3.8, 4) is 0 Å². The van der Waals surface area contributed by atoms with Crippen LogP contribution < -0.4 is 27.0 Å². The Hall–Kier alpha value is -3.83. The molecule has 1 aliphatic heterocycles. The minimum atomic E-state index is -1.74. The number of aliphatic hydroxyl groups excluding tert-OH is 2. The van der Waals surface area contributed by atoms with Gasteiger partial charge in [-0.1, -0.05) is 27.7 Å². The van der Waals surface area contributed by atoms with Crippen molar-refractivity contribution >= 4 is 41.5 Å². The summed E-state index contributed by atoms with van der Waals surface area (Å²) in [5.74, 6) is -8.24. The van der Waals surface area contributed by atoms with E-state index in [1.54, 1.807) is 13.8 Å². The van der Waals surface area contributed by atoms with E-state index in [2.05, 4.69) is 21.3 Å². The van der Waals surface area contributed by atoms with Crippen LogP contribution in [0.15, 0.2) is 0 Å². The largest absolute Gasteiger partial charge is 0.481 e. The maximum Gasteiger partial charge on any atom is 0.326 e. The summed E-state index contributed by atoms with van der Waals surface area (Å²) >= 11 is 0. The predicted octanol–water partition coefficient (Wildman–Crippen LogP) is -3.51. The quantitative estimate of drug-likeness (QED) is 0.0816. The average molecular weight is 617 g/mol. The number of aliphatic carboxylic acids is 2. The van der Waals surface area contributed by atoms with Gasteiger partial charge in [-0.25, -0.2) is 4.79 Å². The Labute approximate surface area is 248 Å². The second kappa shape index (κ2) is 16.7. The molecule has 10 N–H and O–H groups in total. The van der Waals surface area contributed by atoms with Gasteiger partial charge in [-0.2, -0.15) is 0 Å². The number of carbonyl (C=O) groups is 7. The number of hydrogen-bond acceptors (Lipinski definition) is 10. The van der Waals surface area contributed by atoms with E-state index < -0.39 is 109 Å². The van der Waals surface area contributed by atoms with Gasteiger partial charge in [0.05, 0.1) is 19.1 Å². The Morgan fingerprint density at radius 3 is 1.84 bits per heavy atom. The first-order valence-corrected chi connectivity index (χ1v) is 13.9. The first-order valence-electron chi connectivity index (χ1n) is 13.9. The number of hydrogen-bond donors (Lipinski definition) is 9. The molecule has 43 heavy (non-hydrogen) atoms. The number of likely N-dealkylation sites (tertiary alicyclic amines) is 1. The normalized spacial score (nSPS) is 19.0. The van der Waals surface area contributed by atoms with E-state index >= 15 is 0 Å². The SMILES string of the molecule is CC(C)[C@H](NC(=O)[C@H](CC(=O)O)NC(=O)[C@@H](NC(=O)[C@@H]1CCCN1C(=O)[C@@H](NC(=O)[C@@H](N)CO)C(C)C)[C@@H](C)O)C(=O)O. The van der Waals surface area contributed by atoms with Gasteiger partial charge in [-0.05, 0) is 31.6 Å². The molecule has 0 aliphatic carbocycles. The summed E-state index contributed by atoms with van der Waals surface area (Å²) in [4.78, 5) is 88.8. The number of carbonyl (C=O) groups excluding carboxylic acids is 5. The molecule has 1 fully saturated rings. The first kappa shape index (κ1) is 37.2. The average Bonchev–Trinajstić information content (AvgIpc) is 3.40. The molecule has 0 aromatic heterocycles. The Kier molecular flexibility index (Phi) is 14.5. The fraction of sp³-hybridized carbons (Fsp3) is 0.731. The number of aliphatic hydroxyl groups is 2. The Morgan fingerprint density at radius 1 is 0.814 bits per heavy atom. The second-order valence-electron chi connectivity index (χ2n) is 11.2. The van der Waals surface area contributed by atoms with Crippen LogP contribution in [-0.2, 0) is 33.6 Å². The van der Waals surface area contributed by atoms with Crippen molar-refractivity contribution < 1.29 is 54.0 Å². The van der Waals surface area contributed by atoms with Crippen LogP contribution in [0.4, 0.5) is 0 Å². The summed E-state index contributed by atoms with van der Waals surface area (Å²) < 4.78 is 0. The molecule has 1 saturated heterocycles.